The zero-order valence-corrected chi connectivity index (χ0v) is 12.9. The largest absolute Gasteiger partial charge is 0.316 e. The molecule has 1 rings (SSSR count). The van der Waals surface area contributed by atoms with Crippen molar-refractivity contribution in [1.29, 1.82) is 0 Å². The standard InChI is InChI=1S/C14H24N2O2S/c1-5-14(11(2)3)16-19(17,18)13-8-6-12(7-9-13)10-15-4/h6-9,11,14-16H,5,10H2,1-4H3. The summed E-state index contributed by atoms with van der Waals surface area (Å²) in [6.45, 7) is 6.76. The number of nitrogens with one attached hydrogen (secondary N) is 2. The van der Waals surface area contributed by atoms with Gasteiger partial charge in [-0.2, -0.15) is 0 Å². The lowest BCUT2D eigenvalue weighted by Gasteiger charge is -2.20. The highest BCUT2D eigenvalue weighted by Gasteiger charge is 2.20. The highest BCUT2D eigenvalue weighted by molar-refractivity contribution is 7.89. The third-order valence-electron chi connectivity index (χ3n) is 3.17. The van der Waals surface area contributed by atoms with Crippen LogP contribution < -0.4 is 10.0 Å². The molecule has 0 bridgehead atoms. The molecule has 5 heteroatoms. The summed E-state index contributed by atoms with van der Waals surface area (Å²) >= 11 is 0. The molecular weight excluding hydrogens is 260 g/mol. The fraction of sp³-hybridized carbons (Fsp3) is 0.571. The SMILES string of the molecule is CCC(NS(=O)(=O)c1ccc(CNC)cc1)C(C)C. The molecule has 0 saturated heterocycles. The lowest BCUT2D eigenvalue weighted by Crippen LogP contribution is -2.37. The molecule has 4 nitrogen and oxygen atoms in total. The molecule has 0 aliphatic rings. The van der Waals surface area contributed by atoms with Crippen LogP contribution in [0.4, 0.5) is 0 Å². The predicted molar refractivity (Wildman–Crippen MR) is 78.4 cm³/mol. The van der Waals surface area contributed by atoms with Gasteiger partial charge in [-0.25, -0.2) is 13.1 Å². The lowest BCUT2D eigenvalue weighted by molar-refractivity contribution is 0.437. The molecule has 2 N–H and O–H groups in total. The summed E-state index contributed by atoms with van der Waals surface area (Å²) < 4.78 is 27.3. The number of sulfonamides is 1. The molecule has 1 aromatic carbocycles. The van der Waals surface area contributed by atoms with Gasteiger partial charge in [-0.1, -0.05) is 32.9 Å². The summed E-state index contributed by atoms with van der Waals surface area (Å²) in [7, 11) is -1.56. The summed E-state index contributed by atoms with van der Waals surface area (Å²) in [5.41, 5.74) is 1.07. The predicted octanol–water partition coefficient (Wildman–Crippen LogP) is 2.12. The molecular formula is C14H24N2O2S. The van der Waals surface area contributed by atoms with E-state index in [1.165, 1.54) is 0 Å². The fourth-order valence-electron chi connectivity index (χ4n) is 1.95. The molecule has 0 aliphatic carbocycles. The Labute approximate surface area is 116 Å². The van der Waals surface area contributed by atoms with Crippen LogP contribution in [0, 0.1) is 5.92 Å². The summed E-state index contributed by atoms with van der Waals surface area (Å²) in [5, 5.41) is 3.03. The van der Waals surface area contributed by atoms with E-state index >= 15 is 0 Å². The van der Waals surface area contributed by atoms with Crippen LogP contribution in [-0.4, -0.2) is 21.5 Å². The Morgan fingerprint density at radius 2 is 1.74 bits per heavy atom. The van der Waals surface area contributed by atoms with Crippen molar-refractivity contribution in [2.24, 2.45) is 5.92 Å². The highest BCUT2D eigenvalue weighted by atomic mass is 32.2. The van der Waals surface area contributed by atoms with Crippen LogP contribution in [0.2, 0.25) is 0 Å². The van der Waals surface area contributed by atoms with Crippen molar-refractivity contribution in [3.05, 3.63) is 29.8 Å². The average Bonchev–Trinajstić information content (AvgIpc) is 2.37. The van der Waals surface area contributed by atoms with E-state index in [1.807, 2.05) is 40.0 Å². The van der Waals surface area contributed by atoms with E-state index in [1.54, 1.807) is 12.1 Å². The molecule has 0 aromatic heterocycles. The van der Waals surface area contributed by atoms with Crippen molar-refractivity contribution >= 4 is 10.0 Å². The second kappa shape index (κ2) is 7.03. The molecule has 19 heavy (non-hydrogen) atoms. The minimum Gasteiger partial charge on any atom is -0.316 e. The zero-order chi connectivity index (χ0) is 14.5. The Morgan fingerprint density at radius 3 is 2.16 bits per heavy atom. The van der Waals surface area contributed by atoms with Gasteiger partial charge in [0.1, 0.15) is 0 Å². The van der Waals surface area contributed by atoms with Crippen LogP contribution in [0.5, 0.6) is 0 Å². The van der Waals surface area contributed by atoms with Gasteiger partial charge >= 0.3 is 0 Å². The van der Waals surface area contributed by atoms with Gasteiger partial charge in [-0.05, 0) is 37.1 Å². The molecule has 0 spiro atoms. The Hall–Kier alpha value is -0.910. The lowest BCUT2D eigenvalue weighted by atomic mass is 10.0. The van der Waals surface area contributed by atoms with E-state index in [4.69, 9.17) is 0 Å². The van der Waals surface area contributed by atoms with Gasteiger partial charge in [0.05, 0.1) is 4.90 Å². The van der Waals surface area contributed by atoms with Crippen LogP contribution in [0.25, 0.3) is 0 Å². The number of hydrogen-bond acceptors (Lipinski definition) is 3. The summed E-state index contributed by atoms with van der Waals surface area (Å²) in [6, 6.07) is 6.95. The van der Waals surface area contributed by atoms with Gasteiger partial charge in [0.25, 0.3) is 0 Å². The summed E-state index contributed by atoms with van der Waals surface area (Å²) in [6.07, 6.45) is 0.786. The average molecular weight is 284 g/mol. The minimum atomic E-state index is -3.42. The van der Waals surface area contributed by atoms with Crippen LogP contribution in [0.3, 0.4) is 0 Å². The van der Waals surface area contributed by atoms with Crippen molar-refractivity contribution < 1.29 is 8.42 Å². The van der Waals surface area contributed by atoms with E-state index in [0.29, 0.717) is 4.90 Å². The van der Waals surface area contributed by atoms with Crippen LogP contribution in [0.1, 0.15) is 32.8 Å². The Balaban J connectivity index is 2.87. The van der Waals surface area contributed by atoms with E-state index < -0.39 is 10.0 Å². The smallest absolute Gasteiger partial charge is 0.240 e. The third-order valence-corrected chi connectivity index (χ3v) is 4.67. The van der Waals surface area contributed by atoms with E-state index in [-0.39, 0.29) is 12.0 Å². The summed E-state index contributed by atoms with van der Waals surface area (Å²) in [4.78, 5) is 0.325. The molecule has 1 atom stereocenters. The number of benzene rings is 1. The summed E-state index contributed by atoms with van der Waals surface area (Å²) in [5.74, 6) is 0.281. The Bertz CT molecular complexity index is 481. The Kier molecular flexibility index (Phi) is 5.97. The van der Waals surface area contributed by atoms with E-state index in [0.717, 1.165) is 18.5 Å². The first kappa shape index (κ1) is 16.1. The van der Waals surface area contributed by atoms with Crippen molar-refractivity contribution in [2.75, 3.05) is 7.05 Å². The topological polar surface area (TPSA) is 58.2 Å². The zero-order valence-electron chi connectivity index (χ0n) is 12.1. The first-order chi connectivity index (χ1) is 8.90. The van der Waals surface area contributed by atoms with Crippen LogP contribution in [0.15, 0.2) is 29.2 Å². The van der Waals surface area contributed by atoms with Crippen LogP contribution >= 0.6 is 0 Å². The molecule has 108 valence electrons. The van der Waals surface area contributed by atoms with Crippen molar-refractivity contribution in [2.45, 2.75) is 44.7 Å². The maximum absolute atomic E-state index is 12.2. The second-order valence-corrected chi connectivity index (χ2v) is 6.77. The molecule has 0 saturated carbocycles. The number of hydrogen-bond donors (Lipinski definition) is 2. The van der Waals surface area contributed by atoms with Crippen LogP contribution in [-0.2, 0) is 16.6 Å². The molecule has 0 heterocycles. The molecule has 0 fully saturated rings. The first-order valence-corrected chi connectivity index (χ1v) is 8.15. The maximum Gasteiger partial charge on any atom is 0.240 e. The molecule has 0 radical (unpaired) electrons. The van der Waals surface area contributed by atoms with Gasteiger partial charge in [-0.15, -0.1) is 0 Å². The maximum atomic E-state index is 12.2. The Morgan fingerprint density at radius 1 is 1.16 bits per heavy atom. The van der Waals surface area contributed by atoms with Gasteiger partial charge in [0.2, 0.25) is 10.0 Å². The minimum absolute atomic E-state index is 0.0259. The number of rotatable bonds is 7. The third kappa shape index (κ3) is 4.60. The molecule has 0 aliphatic heterocycles. The molecule has 0 amide bonds. The van der Waals surface area contributed by atoms with Gasteiger partial charge < -0.3 is 5.32 Å². The second-order valence-electron chi connectivity index (χ2n) is 5.05. The normalized spacial score (nSPS) is 13.7. The molecule has 1 unspecified atom stereocenters. The highest BCUT2D eigenvalue weighted by Crippen LogP contribution is 2.14. The van der Waals surface area contributed by atoms with Crippen molar-refractivity contribution in [3.8, 4) is 0 Å². The van der Waals surface area contributed by atoms with Crippen molar-refractivity contribution in [3.63, 3.8) is 0 Å². The van der Waals surface area contributed by atoms with Gasteiger partial charge in [-0.3, -0.25) is 0 Å². The fourth-order valence-corrected chi connectivity index (χ4v) is 3.42. The molecule has 1 aromatic rings. The van der Waals surface area contributed by atoms with E-state index in [2.05, 4.69) is 10.0 Å². The van der Waals surface area contributed by atoms with Crippen molar-refractivity contribution in [1.82, 2.24) is 10.0 Å². The van der Waals surface area contributed by atoms with Gasteiger partial charge in [0, 0.05) is 12.6 Å². The van der Waals surface area contributed by atoms with E-state index in [9.17, 15) is 8.42 Å². The monoisotopic (exact) mass is 284 g/mol. The quantitative estimate of drug-likeness (QED) is 0.806. The first-order valence-electron chi connectivity index (χ1n) is 6.66. The van der Waals surface area contributed by atoms with Gasteiger partial charge in [0.15, 0.2) is 0 Å².